The lowest BCUT2D eigenvalue weighted by Gasteiger charge is -2.14. The summed E-state index contributed by atoms with van der Waals surface area (Å²) < 4.78 is 26.0. The lowest BCUT2D eigenvalue weighted by molar-refractivity contribution is 0.176. The molecule has 0 radical (unpaired) electrons. The van der Waals surface area contributed by atoms with Crippen LogP contribution in [-0.2, 0) is 0 Å². The van der Waals surface area contributed by atoms with Gasteiger partial charge in [-0.1, -0.05) is 6.92 Å². The van der Waals surface area contributed by atoms with Gasteiger partial charge in [0.05, 0.1) is 6.10 Å². The van der Waals surface area contributed by atoms with Crippen molar-refractivity contribution in [3.63, 3.8) is 0 Å². The molecule has 0 amide bonds. The largest absolute Gasteiger partial charge is 0.393 e. The molecule has 0 fully saturated rings. The fraction of sp³-hybridized carbons (Fsp3) is 0.455. The molecule has 0 aliphatic heterocycles. The van der Waals surface area contributed by atoms with E-state index in [0.29, 0.717) is 12.0 Å². The summed E-state index contributed by atoms with van der Waals surface area (Å²) in [7, 11) is 0. The highest BCUT2D eigenvalue weighted by molar-refractivity contribution is 5.22. The van der Waals surface area contributed by atoms with Gasteiger partial charge in [-0.15, -0.1) is 0 Å². The molecule has 2 atom stereocenters. The van der Waals surface area contributed by atoms with Crippen LogP contribution in [0.4, 0.5) is 8.78 Å². The average Bonchev–Trinajstić information content (AvgIpc) is 2.08. The highest BCUT2D eigenvalue weighted by Crippen LogP contribution is 2.24. The normalized spacial score (nSPS) is 15.2. The van der Waals surface area contributed by atoms with Crippen molar-refractivity contribution in [3.8, 4) is 0 Å². The summed E-state index contributed by atoms with van der Waals surface area (Å²) >= 11 is 0. The van der Waals surface area contributed by atoms with Crippen molar-refractivity contribution in [2.75, 3.05) is 0 Å². The number of halogens is 2. The highest BCUT2D eigenvalue weighted by atomic mass is 19.1. The lowest BCUT2D eigenvalue weighted by atomic mass is 9.95. The molecule has 0 saturated carbocycles. The van der Waals surface area contributed by atoms with E-state index in [1.807, 2.05) is 0 Å². The monoisotopic (exact) mass is 200 g/mol. The zero-order valence-corrected chi connectivity index (χ0v) is 8.30. The van der Waals surface area contributed by atoms with Crippen LogP contribution in [0.15, 0.2) is 18.2 Å². The topological polar surface area (TPSA) is 20.2 Å². The Hall–Kier alpha value is -0.960. The maximum atomic E-state index is 13.2. The Morgan fingerprint density at radius 1 is 1.29 bits per heavy atom. The van der Waals surface area contributed by atoms with Gasteiger partial charge in [-0.3, -0.25) is 0 Å². The minimum Gasteiger partial charge on any atom is -0.393 e. The standard InChI is InChI=1S/C11H14F2O/c1-7(5-8(2)14)10-6-9(12)3-4-11(10)13/h3-4,6-8,14H,5H2,1-2H3. The molecule has 3 heteroatoms. The first kappa shape index (κ1) is 11.1. The highest BCUT2D eigenvalue weighted by Gasteiger charge is 2.13. The van der Waals surface area contributed by atoms with Gasteiger partial charge in [0.25, 0.3) is 0 Å². The molecule has 1 rings (SSSR count). The second kappa shape index (κ2) is 4.51. The van der Waals surface area contributed by atoms with Crippen LogP contribution in [0, 0.1) is 11.6 Å². The Morgan fingerprint density at radius 2 is 1.93 bits per heavy atom. The molecule has 0 aliphatic carbocycles. The number of aliphatic hydroxyl groups excluding tert-OH is 1. The smallest absolute Gasteiger partial charge is 0.126 e. The molecule has 0 bridgehead atoms. The van der Waals surface area contributed by atoms with E-state index >= 15 is 0 Å². The van der Waals surface area contributed by atoms with Crippen LogP contribution >= 0.6 is 0 Å². The van der Waals surface area contributed by atoms with E-state index in [0.717, 1.165) is 12.1 Å². The SMILES string of the molecule is CC(O)CC(C)c1cc(F)ccc1F. The lowest BCUT2D eigenvalue weighted by Crippen LogP contribution is -2.07. The van der Waals surface area contributed by atoms with Gasteiger partial charge in [0.2, 0.25) is 0 Å². The summed E-state index contributed by atoms with van der Waals surface area (Å²) in [5.74, 6) is -1.04. The summed E-state index contributed by atoms with van der Waals surface area (Å²) in [6.07, 6.45) is -0.0759. The summed E-state index contributed by atoms with van der Waals surface area (Å²) in [4.78, 5) is 0. The van der Waals surface area contributed by atoms with Crippen molar-refractivity contribution >= 4 is 0 Å². The van der Waals surface area contributed by atoms with E-state index in [9.17, 15) is 8.78 Å². The zero-order valence-electron chi connectivity index (χ0n) is 8.30. The quantitative estimate of drug-likeness (QED) is 0.795. The van der Waals surface area contributed by atoms with Gasteiger partial charge in [-0.05, 0) is 43.0 Å². The van der Waals surface area contributed by atoms with Gasteiger partial charge in [0.1, 0.15) is 11.6 Å². The molecule has 1 aromatic rings. The van der Waals surface area contributed by atoms with Crippen molar-refractivity contribution in [2.24, 2.45) is 0 Å². The molecule has 1 nitrogen and oxygen atoms in total. The maximum Gasteiger partial charge on any atom is 0.126 e. The van der Waals surface area contributed by atoms with Crippen molar-refractivity contribution in [1.82, 2.24) is 0 Å². The molecule has 2 unspecified atom stereocenters. The Balaban J connectivity index is 2.88. The molecule has 0 spiro atoms. The van der Waals surface area contributed by atoms with Crippen LogP contribution < -0.4 is 0 Å². The molecule has 0 heterocycles. The first-order valence-corrected chi connectivity index (χ1v) is 4.63. The van der Waals surface area contributed by atoms with Crippen molar-refractivity contribution in [2.45, 2.75) is 32.3 Å². The number of aliphatic hydroxyl groups is 1. The maximum absolute atomic E-state index is 13.2. The summed E-state index contributed by atoms with van der Waals surface area (Å²) in [6, 6.07) is 3.39. The summed E-state index contributed by atoms with van der Waals surface area (Å²) in [5, 5.41) is 9.13. The average molecular weight is 200 g/mol. The molecule has 14 heavy (non-hydrogen) atoms. The van der Waals surface area contributed by atoms with E-state index in [1.165, 1.54) is 6.07 Å². The Bertz CT molecular complexity index is 310. The van der Waals surface area contributed by atoms with Crippen LogP contribution in [0.25, 0.3) is 0 Å². The Kier molecular flexibility index (Phi) is 3.58. The third kappa shape index (κ3) is 2.77. The Morgan fingerprint density at radius 3 is 2.50 bits per heavy atom. The van der Waals surface area contributed by atoms with Crippen LogP contribution in [0.1, 0.15) is 31.7 Å². The van der Waals surface area contributed by atoms with Gasteiger partial charge >= 0.3 is 0 Å². The predicted molar refractivity (Wildman–Crippen MR) is 51.1 cm³/mol. The van der Waals surface area contributed by atoms with E-state index in [4.69, 9.17) is 5.11 Å². The van der Waals surface area contributed by atoms with E-state index in [-0.39, 0.29) is 5.92 Å². The number of benzene rings is 1. The summed E-state index contributed by atoms with van der Waals surface area (Å²) in [5.41, 5.74) is 0.325. The van der Waals surface area contributed by atoms with Crippen LogP contribution in [0.2, 0.25) is 0 Å². The molecular formula is C11H14F2O. The van der Waals surface area contributed by atoms with E-state index < -0.39 is 17.7 Å². The third-order valence-corrected chi connectivity index (χ3v) is 2.18. The minimum atomic E-state index is -0.507. The van der Waals surface area contributed by atoms with Gasteiger partial charge in [-0.2, -0.15) is 0 Å². The molecule has 78 valence electrons. The van der Waals surface area contributed by atoms with Gasteiger partial charge in [-0.25, -0.2) is 8.78 Å². The van der Waals surface area contributed by atoms with Crippen LogP contribution in [0.5, 0.6) is 0 Å². The zero-order chi connectivity index (χ0) is 10.7. The predicted octanol–water partition coefficient (Wildman–Crippen LogP) is 2.84. The van der Waals surface area contributed by atoms with Gasteiger partial charge < -0.3 is 5.11 Å². The number of hydrogen-bond acceptors (Lipinski definition) is 1. The van der Waals surface area contributed by atoms with Crippen LogP contribution in [-0.4, -0.2) is 11.2 Å². The molecule has 1 N–H and O–H groups in total. The molecule has 0 aliphatic rings. The first-order chi connectivity index (χ1) is 6.50. The molecule has 0 aromatic heterocycles. The second-order valence-corrected chi connectivity index (χ2v) is 3.65. The van der Waals surface area contributed by atoms with Crippen LogP contribution in [0.3, 0.4) is 0 Å². The Labute approximate surface area is 82.4 Å². The van der Waals surface area contributed by atoms with Crippen molar-refractivity contribution in [3.05, 3.63) is 35.4 Å². The molecule has 0 saturated heterocycles. The minimum absolute atomic E-state index is 0.175. The molecular weight excluding hydrogens is 186 g/mol. The van der Waals surface area contributed by atoms with Crippen molar-refractivity contribution < 1.29 is 13.9 Å². The second-order valence-electron chi connectivity index (χ2n) is 3.65. The van der Waals surface area contributed by atoms with Gasteiger partial charge in [0.15, 0.2) is 0 Å². The first-order valence-electron chi connectivity index (χ1n) is 4.63. The van der Waals surface area contributed by atoms with E-state index in [2.05, 4.69) is 0 Å². The van der Waals surface area contributed by atoms with E-state index in [1.54, 1.807) is 13.8 Å². The fourth-order valence-corrected chi connectivity index (χ4v) is 1.53. The number of rotatable bonds is 3. The van der Waals surface area contributed by atoms with Gasteiger partial charge in [0, 0.05) is 0 Å². The third-order valence-electron chi connectivity index (χ3n) is 2.18. The summed E-state index contributed by atoms with van der Waals surface area (Å²) in [6.45, 7) is 3.40. The fourth-order valence-electron chi connectivity index (χ4n) is 1.53. The molecule has 1 aromatic carbocycles. The number of hydrogen-bond donors (Lipinski definition) is 1. The van der Waals surface area contributed by atoms with Crippen molar-refractivity contribution in [1.29, 1.82) is 0 Å².